The van der Waals surface area contributed by atoms with Crippen molar-refractivity contribution in [3.05, 3.63) is 54.3 Å². The smallest absolute Gasteiger partial charge is 0.218 e. The standard InChI is InChI=1S/C14H10FN3O/c15-9-6-7-12-11(8-9)13(14(19)16-12)18-17-10-4-2-1-3-5-10/h1-8,16,19H. The Morgan fingerprint density at radius 3 is 2.58 bits per heavy atom. The molecule has 5 heteroatoms. The molecule has 1 aromatic heterocycles. The number of H-pyrrole nitrogens is 1. The molecule has 0 aliphatic carbocycles. The Balaban J connectivity index is 2.07. The van der Waals surface area contributed by atoms with Crippen LogP contribution in [0.1, 0.15) is 0 Å². The van der Waals surface area contributed by atoms with Gasteiger partial charge in [-0.05, 0) is 30.3 Å². The van der Waals surface area contributed by atoms with Crippen LogP contribution in [0.25, 0.3) is 10.9 Å². The van der Waals surface area contributed by atoms with Crippen molar-refractivity contribution in [1.29, 1.82) is 0 Å². The van der Waals surface area contributed by atoms with Gasteiger partial charge in [-0.15, -0.1) is 5.11 Å². The molecule has 0 bridgehead atoms. The van der Waals surface area contributed by atoms with Gasteiger partial charge in [0.2, 0.25) is 5.88 Å². The molecule has 3 rings (SSSR count). The molecule has 0 aliphatic rings. The molecule has 0 aliphatic heterocycles. The maximum atomic E-state index is 13.2. The minimum Gasteiger partial charge on any atom is -0.493 e. The van der Waals surface area contributed by atoms with Gasteiger partial charge in [-0.25, -0.2) is 4.39 Å². The van der Waals surface area contributed by atoms with Gasteiger partial charge in [0.25, 0.3) is 0 Å². The van der Waals surface area contributed by atoms with Crippen LogP contribution in [0, 0.1) is 5.82 Å². The third kappa shape index (κ3) is 2.18. The lowest BCUT2D eigenvalue weighted by atomic mass is 10.2. The number of azo groups is 1. The van der Waals surface area contributed by atoms with Crippen LogP contribution < -0.4 is 0 Å². The molecule has 0 spiro atoms. The van der Waals surface area contributed by atoms with Crippen LogP contribution in [-0.4, -0.2) is 10.1 Å². The summed E-state index contributed by atoms with van der Waals surface area (Å²) in [6.07, 6.45) is 0. The lowest BCUT2D eigenvalue weighted by Gasteiger charge is -1.93. The molecule has 2 N–H and O–H groups in total. The van der Waals surface area contributed by atoms with Crippen molar-refractivity contribution in [1.82, 2.24) is 4.98 Å². The monoisotopic (exact) mass is 255 g/mol. The van der Waals surface area contributed by atoms with Gasteiger partial charge < -0.3 is 10.1 Å². The predicted molar refractivity (Wildman–Crippen MR) is 70.5 cm³/mol. The summed E-state index contributed by atoms with van der Waals surface area (Å²) in [7, 11) is 0. The summed E-state index contributed by atoms with van der Waals surface area (Å²) in [5.41, 5.74) is 1.51. The molecule has 0 unspecified atom stereocenters. The van der Waals surface area contributed by atoms with E-state index in [0.29, 0.717) is 16.6 Å². The summed E-state index contributed by atoms with van der Waals surface area (Å²) in [5.74, 6) is -0.511. The second-order valence-corrected chi connectivity index (χ2v) is 4.05. The molecule has 0 amide bonds. The van der Waals surface area contributed by atoms with Gasteiger partial charge in [0.05, 0.1) is 11.2 Å². The van der Waals surface area contributed by atoms with Gasteiger partial charge in [0.1, 0.15) is 5.82 Å². The highest BCUT2D eigenvalue weighted by atomic mass is 19.1. The highest BCUT2D eigenvalue weighted by molar-refractivity contribution is 5.94. The van der Waals surface area contributed by atoms with Crippen LogP contribution >= 0.6 is 0 Å². The topological polar surface area (TPSA) is 60.7 Å². The maximum Gasteiger partial charge on any atom is 0.218 e. The second kappa shape index (κ2) is 4.53. The van der Waals surface area contributed by atoms with Crippen molar-refractivity contribution in [3.8, 4) is 5.88 Å². The number of benzene rings is 2. The highest BCUT2D eigenvalue weighted by Crippen LogP contribution is 2.36. The molecular formula is C14H10FN3O. The normalized spacial score (nSPS) is 11.4. The summed E-state index contributed by atoms with van der Waals surface area (Å²) in [6, 6.07) is 13.3. The van der Waals surface area contributed by atoms with E-state index in [1.54, 1.807) is 18.2 Å². The summed E-state index contributed by atoms with van der Waals surface area (Å²) in [4.78, 5) is 2.73. The van der Waals surface area contributed by atoms with Crippen molar-refractivity contribution in [3.63, 3.8) is 0 Å². The third-order valence-corrected chi connectivity index (χ3v) is 2.74. The minimum absolute atomic E-state index is 0.125. The zero-order chi connectivity index (χ0) is 13.2. The van der Waals surface area contributed by atoms with Crippen LogP contribution in [-0.2, 0) is 0 Å². The predicted octanol–water partition coefficient (Wildman–Crippen LogP) is 4.43. The molecule has 0 saturated heterocycles. The Morgan fingerprint density at radius 1 is 1.00 bits per heavy atom. The zero-order valence-corrected chi connectivity index (χ0v) is 9.84. The van der Waals surface area contributed by atoms with E-state index < -0.39 is 0 Å². The number of nitrogens with one attached hydrogen (secondary N) is 1. The van der Waals surface area contributed by atoms with E-state index >= 15 is 0 Å². The molecule has 0 atom stereocenters. The summed E-state index contributed by atoms with van der Waals surface area (Å²) in [5, 5.41) is 18.3. The number of aromatic nitrogens is 1. The first kappa shape index (κ1) is 11.4. The van der Waals surface area contributed by atoms with Gasteiger partial charge >= 0.3 is 0 Å². The zero-order valence-electron chi connectivity index (χ0n) is 9.84. The number of hydrogen-bond acceptors (Lipinski definition) is 3. The Hall–Kier alpha value is -2.69. The largest absolute Gasteiger partial charge is 0.493 e. The van der Waals surface area contributed by atoms with Crippen molar-refractivity contribution in [2.75, 3.05) is 0 Å². The van der Waals surface area contributed by atoms with Gasteiger partial charge in [-0.1, -0.05) is 18.2 Å². The van der Waals surface area contributed by atoms with E-state index in [1.807, 2.05) is 18.2 Å². The molecule has 0 fully saturated rings. The van der Waals surface area contributed by atoms with E-state index in [2.05, 4.69) is 15.2 Å². The quantitative estimate of drug-likeness (QED) is 0.654. The minimum atomic E-state index is -0.386. The fraction of sp³-hybridized carbons (Fsp3) is 0. The molecule has 94 valence electrons. The Morgan fingerprint density at radius 2 is 1.79 bits per heavy atom. The molecule has 4 nitrogen and oxygen atoms in total. The van der Waals surface area contributed by atoms with Crippen molar-refractivity contribution in [2.24, 2.45) is 10.2 Å². The number of aromatic amines is 1. The van der Waals surface area contributed by atoms with Crippen molar-refractivity contribution in [2.45, 2.75) is 0 Å². The number of aromatic hydroxyl groups is 1. The first-order chi connectivity index (χ1) is 9.24. The molecular weight excluding hydrogens is 245 g/mol. The van der Waals surface area contributed by atoms with E-state index in [9.17, 15) is 9.50 Å². The lowest BCUT2D eigenvalue weighted by Crippen LogP contribution is -1.71. The number of nitrogens with zero attached hydrogens (tertiary/aromatic N) is 2. The maximum absolute atomic E-state index is 13.2. The SMILES string of the molecule is Oc1[nH]c2ccc(F)cc2c1N=Nc1ccccc1. The summed E-state index contributed by atoms with van der Waals surface area (Å²) in [6.45, 7) is 0. The first-order valence-corrected chi connectivity index (χ1v) is 5.71. The summed E-state index contributed by atoms with van der Waals surface area (Å²) < 4.78 is 13.2. The fourth-order valence-corrected chi connectivity index (χ4v) is 1.84. The lowest BCUT2D eigenvalue weighted by molar-refractivity contribution is 0.459. The van der Waals surface area contributed by atoms with E-state index in [1.165, 1.54) is 12.1 Å². The number of rotatable bonds is 2. The molecule has 2 aromatic carbocycles. The van der Waals surface area contributed by atoms with E-state index in [0.717, 1.165) is 0 Å². The van der Waals surface area contributed by atoms with Crippen LogP contribution in [0.15, 0.2) is 58.8 Å². The van der Waals surface area contributed by atoms with E-state index in [4.69, 9.17) is 0 Å². The number of halogens is 1. The van der Waals surface area contributed by atoms with Crippen molar-refractivity contribution < 1.29 is 9.50 Å². The first-order valence-electron chi connectivity index (χ1n) is 5.71. The van der Waals surface area contributed by atoms with Gasteiger partial charge in [-0.2, -0.15) is 5.11 Å². The van der Waals surface area contributed by atoms with E-state index in [-0.39, 0.29) is 17.4 Å². The van der Waals surface area contributed by atoms with Crippen LogP contribution in [0.4, 0.5) is 15.8 Å². The average Bonchev–Trinajstić information content (AvgIpc) is 2.73. The summed E-state index contributed by atoms with van der Waals surface area (Å²) >= 11 is 0. The number of hydrogen-bond donors (Lipinski definition) is 2. The van der Waals surface area contributed by atoms with Crippen molar-refractivity contribution >= 4 is 22.3 Å². The second-order valence-electron chi connectivity index (χ2n) is 4.05. The molecule has 0 radical (unpaired) electrons. The molecule has 19 heavy (non-hydrogen) atoms. The molecule has 0 saturated carbocycles. The average molecular weight is 255 g/mol. The third-order valence-electron chi connectivity index (χ3n) is 2.74. The number of fused-ring (bicyclic) bond motifs is 1. The van der Waals surface area contributed by atoms with Crippen LogP contribution in [0.3, 0.4) is 0 Å². The molecule has 1 heterocycles. The van der Waals surface area contributed by atoms with Crippen LogP contribution in [0.5, 0.6) is 5.88 Å². The van der Waals surface area contributed by atoms with Gasteiger partial charge in [0, 0.05) is 5.39 Å². The van der Waals surface area contributed by atoms with Gasteiger partial charge in [-0.3, -0.25) is 0 Å². The Labute approximate surface area is 108 Å². The Bertz CT molecular complexity index is 750. The van der Waals surface area contributed by atoms with Crippen LogP contribution in [0.2, 0.25) is 0 Å². The van der Waals surface area contributed by atoms with Gasteiger partial charge in [0.15, 0.2) is 5.69 Å². The highest BCUT2D eigenvalue weighted by Gasteiger charge is 2.10. The fourth-order valence-electron chi connectivity index (χ4n) is 1.84. The Kier molecular flexibility index (Phi) is 2.72. The molecule has 3 aromatic rings.